The van der Waals surface area contributed by atoms with E-state index in [2.05, 4.69) is 14.5 Å². The lowest BCUT2D eigenvalue weighted by Crippen LogP contribution is -2.36. The molecule has 2 aliphatic rings. The molecule has 0 aromatic carbocycles. The molecule has 1 aliphatic carbocycles. The first-order valence-corrected chi connectivity index (χ1v) is 8.85. The fraction of sp³-hybridized carbons (Fsp3) is 0.625. The van der Waals surface area contributed by atoms with E-state index in [0.29, 0.717) is 5.92 Å². The Labute approximate surface area is 134 Å². The van der Waals surface area contributed by atoms with Crippen molar-refractivity contribution in [1.29, 1.82) is 0 Å². The van der Waals surface area contributed by atoms with E-state index in [1.165, 1.54) is 29.2 Å². The second-order valence-electron chi connectivity index (χ2n) is 6.42. The Bertz CT molecular complexity index is 620. The van der Waals surface area contributed by atoms with E-state index in [9.17, 15) is 0 Å². The molecule has 1 aliphatic heterocycles. The molecular formula is C16H22N4OS. The minimum Gasteiger partial charge on any atom is -0.384 e. The number of nitrogens with zero attached hydrogens (tertiary/aromatic N) is 4. The molecule has 0 bridgehead atoms. The minimum atomic E-state index is 0.412. The topological polar surface area (TPSA) is 43.2 Å². The summed E-state index contributed by atoms with van der Waals surface area (Å²) in [6, 6.07) is 0. The van der Waals surface area contributed by atoms with Crippen molar-refractivity contribution in [1.82, 2.24) is 19.4 Å². The SMILES string of the molecule is COCC1CN(Cc2nccs2)Cc2ncn(CC3CC3)c21. The van der Waals surface area contributed by atoms with Crippen LogP contribution in [0.25, 0.3) is 0 Å². The van der Waals surface area contributed by atoms with E-state index in [-0.39, 0.29) is 0 Å². The summed E-state index contributed by atoms with van der Waals surface area (Å²) >= 11 is 1.72. The van der Waals surface area contributed by atoms with Gasteiger partial charge in [-0.05, 0) is 18.8 Å². The lowest BCUT2D eigenvalue weighted by molar-refractivity contribution is 0.131. The molecule has 0 amide bonds. The molecule has 2 aromatic heterocycles. The van der Waals surface area contributed by atoms with Crippen molar-refractivity contribution < 1.29 is 4.74 Å². The maximum absolute atomic E-state index is 5.49. The molecule has 0 radical (unpaired) electrons. The molecule has 5 nitrogen and oxygen atoms in total. The van der Waals surface area contributed by atoms with Crippen LogP contribution in [0.1, 0.15) is 35.2 Å². The van der Waals surface area contributed by atoms with E-state index in [0.717, 1.165) is 38.7 Å². The average Bonchev–Trinajstić information content (AvgIpc) is 3.00. The molecule has 1 unspecified atom stereocenters. The maximum Gasteiger partial charge on any atom is 0.107 e. The molecule has 1 fully saturated rings. The lowest BCUT2D eigenvalue weighted by atomic mass is 9.99. The number of rotatable bonds is 6. The summed E-state index contributed by atoms with van der Waals surface area (Å²) in [5.74, 6) is 1.28. The summed E-state index contributed by atoms with van der Waals surface area (Å²) in [6.07, 6.45) is 6.67. The third-order valence-corrected chi connectivity index (χ3v) is 5.32. The number of aromatic nitrogens is 3. The van der Waals surface area contributed by atoms with Gasteiger partial charge in [0.25, 0.3) is 0 Å². The molecule has 118 valence electrons. The Morgan fingerprint density at radius 1 is 1.36 bits per heavy atom. The van der Waals surface area contributed by atoms with Crippen molar-refractivity contribution in [3.63, 3.8) is 0 Å². The van der Waals surface area contributed by atoms with Crippen molar-refractivity contribution >= 4 is 11.3 Å². The van der Waals surface area contributed by atoms with Crippen LogP contribution in [0.2, 0.25) is 0 Å². The van der Waals surface area contributed by atoms with Crippen LogP contribution in [0.3, 0.4) is 0 Å². The Morgan fingerprint density at radius 2 is 2.27 bits per heavy atom. The van der Waals surface area contributed by atoms with E-state index in [1.54, 1.807) is 18.4 Å². The zero-order valence-corrected chi connectivity index (χ0v) is 13.8. The zero-order chi connectivity index (χ0) is 14.9. The van der Waals surface area contributed by atoms with E-state index in [1.807, 2.05) is 17.9 Å². The van der Waals surface area contributed by atoms with Crippen LogP contribution in [0.15, 0.2) is 17.9 Å². The van der Waals surface area contributed by atoms with Gasteiger partial charge in [-0.15, -0.1) is 11.3 Å². The molecule has 6 heteroatoms. The van der Waals surface area contributed by atoms with Gasteiger partial charge in [0.2, 0.25) is 0 Å². The van der Waals surface area contributed by atoms with Gasteiger partial charge in [0, 0.05) is 49.9 Å². The highest BCUT2D eigenvalue weighted by Crippen LogP contribution is 2.34. The van der Waals surface area contributed by atoms with Gasteiger partial charge in [0.1, 0.15) is 5.01 Å². The van der Waals surface area contributed by atoms with E-state index in [4.69, 9.17) is 9.72 Å². The lowest BCUT2D eigenvalue weighted by Gasteiger charge is -2.32. The monoisotopic (exact) mass is 318 g/mol. The molecule has 2 aromatic rings. The number of hydrogen-bond donors (Lipinski definition) is 0. The van der Waals surface area contributed by atoms with Gasteiger partial charge in [0.05, 0.1) is 25.2 Å². The van der Waals surface area contributed by atoms with Crippen LogP contribution in [0.4, 0.5) is 0 Å². The predicted molar refractivity (Wildman–Crippen MR) is 85.8 cm³/mol. The second kappa shape index (κ2) is 6.10. The molecule has 3 heterocycles. The van der Waals surface area contributed by atoms with Gasteiger partial charge in [0.15, 0.2) is 0 Å². The Balaban J connectivity index is 1.55. The third-order valence-electron chi connectivity index (χ3n) is 4.56. The number of thiazole rings is 1. The molecular weight excluding hydrogens is 296 g/mol. The highest BCUT2D eigenvalue weighted by atomic mass is 32.1. The summed E-state index contributed by atoms with van der Waals surface area (Å²) < 4.78 is 7.87. The first-order valence-electron chi connectivity index (χ1n) is 7.97. The summed E-state index contributed by atoms with van der Waals surface area (Å²) in [5.41, 5.74) is 2.63. The fourth-order valence-corrected chi connectivity index (χ4v) is 4.06. The fourth-order valence-electron chi connectivity index (χ4n) is 3.40. The quantitative estimate of drug-likeness (QED) is 0.821. The predicted octanol–water partition coefficient (Wildman–Crippen LogP) is 2.50. The molecule has 1 saturated carbocycles. The van der Waals surface area contributed by atoms with E-state index < -0.39 is 0 Å². The smallest absolute Gasteiger partial charge is 0.107 e. The average molecular weight is 318 g/mol. The van der Waals surface area contributed by atoms with Crippen molar-refractivity contribution in [2.24, 2.45) is 5.92 Å². The summed E-state index contributed by atoms with van der Waals surface area (Å²) in [4.78, 5) is 11.6. The normalized spacial score (nSPS) is 22.0. The standard InChI is InChI=1S/C16H22N4OS/c1-21-10-13-7-19(9-15-17-4-5-22-15)8-14-16(13)20(11-18-14)6-12-2-3-12/h4-5,11-13H,2-3,6-10H2,1H3. The van der Waals surface area contributed by atoms with Gasteiger partial charge >= 0.3 is 0 Å². The van der Waals surface area contributed by atoms with Crippen molar-refractivity contribution in [2.45, 2.75) is 38.4 Å². The summed E-state index contributed by atoms with van der Waals surface area (Å²) in [7, 11) is 1.79. The van der Waals surface area contributed by atoms with Crippen LogP contribution in [-0.4, -0.2) is 39.7 Å². The Kier molecular flexibility index (Phi) is 3.98. The van der Waals surface area contributed by atoms with Gasteiger partial charge in [-0.25, -0.2) is 9.97 Å². The minimum absolute atomic E-state index is 0.412. The highest BCUT2D eigenvalue weighted by molar-refractivity contribution is 7.09. The maximum atomic E-state index is 5.49. The molecule has 0 N–H and O–H groups in total. The molecule has 22 heavy (non-hydrogen) atoms. The van der Waals surface area contributed by atoms with Gasteiger partial charge in [-0.1, -0.05) is 0 Å². The van der Waals surface area contributed by atoms with Crippen molar-refractivity contribution in [3.8, 4) is 0 Å². The molecule has 0 spiro atoms. The molecule has 4 rings (SSSR count). The zero-order valence-electron chi connectivity index (χ0n) is 12.9. The first kappa shape index (κ1) is 14.4. The van der Waals surface area contributed by atoms with Crippen molar-refractivity contribution in [2.75, 3.05) is 20.3 Å². The number of ether oxygens (including phenoxy) is 1. The Morgan fingerprint density at radius 3 is 3.00 bits per heavy atom. The number of methoxy groups -OCH3 is 1. The van der Waals surface area contributed by atoms with E-state index >= 15 is 0 Å². The second-order valence-corrected chi connectivity index (χ2v) is 7.40. The summed E-state index contributed by atoms with van der Waals surface area (Å²) in [6.45, 7) is 4.75. The van der Waals surface area contributed by atoms with Gasteiger partial charge in [-0.2, -0.15) is 0 Å². The first-order chi connectivity index (χ1) is 10.8. The summed E-state index contributed by atoms with van der Waals surface area (Å²) in [5, 5.41) is 3.22. The highest BCUT2D eigenvalue weighted by Gasteiger charge is 2.32. The van der Waals surface area contributed by atoms with Crippen molar-refractivity contribution in [3.05, 3.63) is 34.3 Å². The molecule has 0 saturated heterocycles. The Hall–Kier alpha value is -1.24. The largest absolute Gasteiger partial charge is 0.384 e. The molecule has 1 atom stereocenters. The third kappa shape index (κ3) is 2.95. The van der Waals surface area contributed by atoms with Crippen LogP contribution in [0, 0.1) is 5.92 Å². The van der Waals surface area contributed by atoms with Gasteiger partial charge in [-0.3, -0.25) is 4.90 Å². The van der Waals surface area contributed by atoms with Crippen LogP contribution < -0.4 is 0 Å². The number of fused-ring (bicyclic) bond motifs is 1. The van der Waals surface area contributed by atoms with Gasteiger partial charge < -0.3 is 9.30 Å². The number of hydrogen-bond acceptors (Lipinski definition) is 5. The van der Waals surface area contributed by atoms with Crippen LogP contribution in [0.5, 0.6) is 0 Å². The number of imidazole rings is 1. The van der Waals surface area contributed by atoms with Crippen LogP contribution >= 0.6 is 11.3 Å². The van der Waals surface area contributed by atoms with Crippen LogP contribution in [-0.2, 0) is 24.4 Å².